The summed E-state index contributed by atoms with van der Waals surface area (Å²) in [5.74, 6) is -0.563. The van der Waals surface area contributed by atoms with E-state index in [1.807, 2.05) is 6.92 Å². The SMILES string of the molecule is CCN(CC)[Si](N(CC)CC)(N(CC)CC)N(CC)CC.COC(C)(N[SiH3])OC. The van der Waals surface area contributed by atoms with Crippen molar-refractivity contribution in [3.05, 3.63) is 0 Å². The predicted molar refractivity (Wildman–Crippen MR) is 133 cm³/mol. The average Bonchev–Trinajstić information content (AvgIpc) is 2.76. The molecule has 0 rings (SSSR count). The molecular formula is C20H53N5O2Si2. The maximum Gasteiger partial charge on any atom is 0.376 e. The second kappa shape index (κ2) is 16.8. The van der Waals surface area contributed by atoms with Crippen molar-refractivity contribution in [3.63, 3.8) is 0 Å². The summed E-state index contributed by atoms with van der Waals surface area (Å²) in [7, 11) is 2.10. The first-order chi connectivity index (χ1) is 13.8. The predicted octanol–water partition coefficient (Wildman–Crippen LogP) is 1.61. The second-order valence-corrected chi connectivity index (χ2v) is 11.1. The van der Waals surface area contributed by atoms with Crippen LogP contribution in [0.2, 0.25) is 0 Å². The van der Waals surface area contributed by atoms with Gasteiger partial charge < -0.3 is 9.47 Å². The number of rotatable bonds is 15. The van der Waals surface area contributed by atoms with Crippen LogP contribution in [0.1, 0.15) is 62.3 Å². The Bertz CT molecular complexity index is 312. The molecule has 0 bridgehead atoms. The summed E-state index contributed by atoms with van der Waals surface area (Å²) >= 11 is 0. The van der Waals surface area contributed by atoms with E-state index in [0.29, 0.717) is 0 Å². The molecule has 0 spiro atoms. The van der Waals surface area contributed by atoms with E-state index in [0.717, 1.165) is 62.8 Å². The molecule has 0 aliphatic rings. The molecule has 0 heterocycles. The lowest BCUT2D eigenvalue weighted by atomic mass is 10.6. The van der Waals surface area contributed by atoms with Crippen LogP contribution in [0.15, 0.2) is 0 Å². The van der Waals surface area contributed by atoms with Crippen molar-refractivity contribution >= 4 is 19.1 Å². The Morgan fingerprint density at radius 3 is 0.897 bits per heavy atom. The van der Waals surface area contributed by atoms with Crippen molar-refractivity contribution in [1.82, 2.24) is 23.2 Å². The van der Waals surface area contributed by atoms with E-state index in [-0.39, 0.29) is 0 Å². The molecule has 0 aromatic rings. The van der Waals surface area contributed by atoms with Crippen molar-refractivity contribution in [2.24, 2.45) is 0 Å². The molecule has 0 amide bonds. The van der Waals surface area contributed by atoms with E-state index in [4.69, 9.17) is 9.47 Å². The van der Waals surface area contributed by atoms with Crippen molar-refractivity contribution in [2.45, 2.75) is 68.2 Å². The summed E-state index contributed by atoms with van der Waals surface area (Å²) in [6.07, 6.45) is 0. The summed E-state index contributed by atoms with van der Waals surface area (Å²) in [6, 6.07) is 0. The van der Waals surface area contributed by atoms with Crippen LogP contribution in [0, 0.1) is 0 Å². The third kappa shape index (κ3) is 7.97. The van der Waals surface area contributed by atoms with Gasteiger partial charge in [0, 0.05) is 21.1 Å². The zero-order valence-corrected chi connectivity index (χ0v) is 24.8. The van der Waals surface area contributed by atoms with E-state index in [1.54, 1.807) is 14.2 Å². The van der Waals surface area contributed by atoms with Gasteiger partial charge in [-0.05, 0) is 52.4 Å². The fourth-order valence-corrected chi connectivity index (χ4v) is 10.3. The fourth-order valence-electron chi connectivity index (χ4n) is 4.08. The molecule has 0 radical (unpaired) electrons. The first-order valence-corrected chi connectivity index (χ1v) is 14.3. The van der Waals surface area contributed by atoms with Gasteiger partial charge in [-0.15, -0.1) is 0 Å². The number of methoxy groups -OCH3 is 2. The third-order valence-corrected chi connectivity index (χ3v) is 12.8. The highest BCUT2D eigenvalue weighted by molar-refractivity contribution is 6.69. The summed E-state index contributed by atoms with van der Waals surface area (Å²) in [5, 5.41) is 0. The normalized spacial score (nSPS) is 12.9. The molecule has 29 heavy (non-hydrogen) atoms. The molecular weight excluding hydrogens is 398 g/mol. The smallest absolute Gasteiger partial charge is 0.341 e. The van der Waals surface area contributed by atoms with Crippen LogP contribution in [0.5, 0.6) is 0 Å². The van der Waals surface area contributed by atoms with Gasteiger partial charge in [0.05, 0.1) is 10.4 Å². The summed E-state index contributed by atoms with van der Waals surface area (Å²) in [4.78, 5) is 2.97. The van der Waals surface area contributed by atoms with E-state index >= 15 is 0 Å². The van der Waals surface area contributed by atoms with Crippen molar-refractivity contribution < 1.29 is 9.47 Å². The van der Waals surface area contributed by atoms with Crippen LogP contribution < -0.4 is 4.98 Å². The maximum atomic E-state index is 4.94. The molecule has 0 atom stereocenters. The largest absolute Gasteiger partial charge is 0.376 e. The minimum atomic E-state index is -1.98. The molecule has 1 N–H and O–H groups in total. The Balaban J connectivity index is 0. The summed E-state index contributed by atoms with van der Waals surface area (Å²) in [5.41, 5.74) is 0. The minimum absolute atomic E-state index is 0.563. The zero-order valence-electron chi connectivity index (χ0n) is 21.8. The average molecular weight is 452 g/mol. The Labute approximate surface area is 186 Å². The van der Waals surface area contributed by atoms with Gasteiger partial charge in [0.15, 0.2) is 0 Å². The maximum absolute atomic E-state index is 4.94. The fraction of sp³-hybridized carbons (Fsp3) is 1.00. The van der Waals surface area contributed by atoms with Crippen molar-refractivity contribution in [1.29, 1.82) is 0 Å². The first kappa shape index (κ1) is 31.3. The van der Waals surface area contributed by atoms with E-state index in [2.05, 4.69) is 78.6 Å². The van der Waals surface area contributed by atoms with Crippen molar-refractivity contribution in [2.75, 3.05) is 66.6 Å². The van der Waals surface area contributed by atoms with Gasteiger partial charge in [-0.1, -0.05) is 55.4 Å². The number of ether oxygens (including phenoxy) is 2. The van der Waals surface area contributed by atoms with Crippen LogP contribution in [0.3, 0.4) is 0 Å². The molecule has 7 nitrogen and oxygen atoms in total. The monoisotopic (exact) mass is 451 g/mol. The molecule has 0 saturated heterocycles. The van der Waals surface area contributed by atoms with Gasteiger partial charge in [-0.25, -0.2) is 0 Å². The second-order valence-electron chi connectivity index (χ2n) is 6.89. The van der Waals surface area contributed by atoms with Crippen LogP contribution in [-0.4, -0.2) is 110 Å². The van der Waals surface area contributed by atoms with Crippen LogP contribution in [0.4, 0.5) is 0 Å². The Morgan fingerprint density at radius 1 is 0.621 bits per heavy atom. The first-order valence-electron chi connectivity index (χ1n) is 11.6. The number of hydrogen-bond donors (Lipinski definition) is 1. The van der Waals surface area contributed by atoms with Gasteiger partial charge in [0.2, 0.25) is 5.91 Å². The Kier molecular flexibility index (Phi) is 18.2. The topological polar surface area (TPSA) is 43.5 Å². The van der Waals surface area contributed by atoms with Crippen molar-refractivity contribution in [3.8, 4) is 0 Å². The lowest BCUT2D eigenvalue weighted by Crippen LogP contribution is -2.83. The number of nitrogens with zero attached hydrogens (tertiary/aromatic N) is 4. The van der Waals surface area contributed by atoms with Gasteiger partial charge in [0.1, 0.15) is 0 Å². The summed E-state index contributed by atoms with van der Waals surface area (Å²) in [6.45, 7) is 29.5. The van der Waals surface area contributed by atoms with E-state index < -0.39 is 14.6 Å². The molecule has 0 saturated carbocycles. The highest BCUT2D eigenvalue weighted by Gasteiger charge is 2.53. The van der Waals surface area contributed by atoms with Gasteiger partial charge >= 0.3 is 8.72 Å². The zero-order chi connectivity index (χ0) is 23.1. The number of nitrogens with one attached hydrogen (secondary N) is 1. The number of hydrogen-bond acceptors (Lipinski definition) is 7. The minimum Gasteiger partial charge on any atom is -0.341 e. The molecule has 178 valence electrons. The van der Waals surface area contributed by atoms with Crippen LogP contribution in [0.25, 0.3) is 0 Å². The lowest BCUT2D eigenvalue weighted by molar-refractivity contribution is -0.200. The van der Waals surface area contributed by atoms with Gasteiger partial charge in [-0.3, -0.25) is 23.2 Å². The van der Waals surface area contributed by atoms with Crippen LogP contribution in [-0.2, 0) is 9.47 Å². The summed E-state index contributed by atoms with van der Waals surface area (Å²) < 4.78 is 20.9. The molecule has 0 aromatic heterocycles. The van der Waals surface area contributed by atoms with Gasteiger partial charge in [0.25, 0.3) is 0 Å². The quantitative estimate of drug-likeness (QED) is 0.300. The van der Waals surface area contributed by atoms with Crippen LogP contribution >= 0.6 is 0 Å². The molecule has 0 aromatic carbocycles. The molecule has 0 unspecified atom stereocenters. The highest BCUT2D eigenvalue weighted by Crippen LogP contribution is 2.25. The Hall–Kier alpha value is 0.154. The lowest BCUT2D eigenvalue weighted by Gasteiger charge is -2.57. The molecule has 0 aliphatic carbocycles. The molecule has 0 aliphatic heterocycles. The molecule has 9 heteroatoms. The Morgan fingerprint density at radius 2 is 0.828 bits per heavy atom. The van der Waals surface area contributed by atoms with E-state index in [1.165, 1.54) is 0 Å². The van der Waals surface area contributed by atoms with Gasteiger partial charge in [-0.2, -0.15) is 0 Å². The standard InChI is InChI=1S/C16H40N4Si.C4H13NO2Si/c1-9-17(10-2)21(18(11-3)12-4,19(13-5)14-6)20(15-7)16-8;1-4(5-8,6-2)7-3/h9-16H2,1-8H3;5H,1-3,8H3. The highest BCUT2D eigenvalue weighted by atomic mass is 28.4. The third-order valence-electron chi connectivity index (χ3n) is 5.98. The van der Waals surface area contributed by atoms with E-state index in [9.17, 15) is 0 Å². The molecule has 0 fully saturated rings.